The number of rotatable bonds is 8. The molecular formula is C16H24BrNO. The highest BCUT2D eigenvalue weighted by atomic mass is 79.9. The number of hydrogen-bond acceptors (Lipinski definition) is 1. The normalized spacial score (nSPS) is 11.3. The minimum atomic E-state index is 0.165. The fourth-order valence-corrected chi connectivity index (χ4v) is 2.94. The third-order valence-electron chi connectivity index (χ3n) is 3.25. The average Bonchev–Trinajstić information content (AvgIpc) is 2.38. The number of amides is 1. The van der Waals surface area contributed by atoms with E-state index >= 15 is 0 Å². The van der Waals surface area contributed by atoms with Gasteiger partial charge in [0.15, 0.2) is 0 Å². The number of carbonyl (C=O) groups is 1. The van der Waals surface area contributed by atoms with Gasteiger partial charge in [-0.1, -0.05) is 60.1 Å². The molecule has 0 aliphatic heterocycles. The highest BCUT2D eigenvalue weighted by Gasteiger charge is 2.17. The quantitative estimate of drug-likeness (QED) is 0.721. The number of hydrogen-bond donors (Lipinski definition) is 1. The first-order valence-electron chi connectivity index (χ1n) is 6.90. The van der Waals surface area contributed by atoms with Gasteiger partial charge in [0.05, 0.1) is 0 Å². The maximum atomic E-state index is 11.8. The van der Waals surface area contributed by atoms with E-state index in [1.54, 1.807) is 0 Å². The Bertz CT molecular complexity index is 376. The SMILES string of the molecule is CC(C)(CCBr)CNC(=O)CCCc1ccccc1. The molecule has 0 unspecified atom stereocenters. The maximum Gasteiger partial charge on any atom is 0.220 e. The Morgan fingerprint density at radius 2 is 1.95 bits per heavy atom. The summed E-state index contributed by atoms with van der Waals surface area (Å²) in [5, 5.41) is 4.01. The van der Waals surface area contributed by atoms with Crippen LogP contribution in [0, 0.1) is 5.41 Å². The number of aryl methyl sites for hydroxylation is 1. The van der Waals surface area contributed by atoms with E-state index in [1.165, 1.54) is 5.56 Å². The van der Waals surface area contributed by atoms with Gasteiger partial charge >= 0.3 is 0 Å². The Hall–Kier alpha value is -0.830. The van der Waals surface area contributed by atoms with Gasteiger partial charge < -0.3 is 5.32 Å². The van der Waals surface area contributed by atoms with Gasteiger partial charge in [-0.05, 0) is 30.2 Å². The van der Waals surface area contributed by atoms with E-state index in [-0.39, 0.29) is 11.3 Å². The van der Waals surface area contributed by atoms with Gasteiger partial charge in [0.25, 0.3) is 0 Å². The Labute approximate surface area is 125 Å². The zero-order chi connectivity index (χ0) is 14.1. The largest absolute Gasteiger partial charge is 0.356 e. The van der Waals surface area contributed by atoms with Crippen LogP contribution in [0.25, 0.3) is 0 Å². The highest BCUT2D eigenvalue weighted by molar-refractivity contribution is 9.09. The van der Waals surface area contributed by atoms with Crippen molar-refractivity contribution >= 4 is 21.8 Å². The summed E-state index contributed by atoms with van der Waals surface area (Å²) in [4.78, 5) is 11.8. The van der Waals surface area contributed by atoms with E-state index in [1.807, 2.05) is 18.2 Å². The van der Waals surface area contributed by atoms with Crippen molar-refractivity contribution < 1.29 is 4.79 Å². The first-order chi connectivity index (χ1) is 9.03. The molecule has 0 aliphatic rings. The van der Waals surface area contributed by atoms with Crippen molar-refractivity contribution in [3.8, 4) is 0 Å². The molecule has 0 aliphatic carbocycles. The molecule has 19 heavy (non-hydrogen) atoms. The molecule has 0 bridgehead atoms. The summed E-state index contributed by atoms with van der Waals surface area (Å²) in [6.07, 6.45) is 3.56. The summed E-state index contributed by atoms with van der Waals surface area (Å²) in [6, 6.07) is 10.3. The molecule has 0 aromatic heterocycles. The Morgan fingerprint density at radius 1 is 1.26 bits per heavy atom. The predicted molar refractivity (Wildman–Crippen MR) is 84.6 cm³/mol. The third kappa shape index (κ3) is 7.36. The van der Waals surface area contributed by atoms with Gasteiger partial charge in [0.2, 0.25) is 5.91 Å². The lowest BCUT2D eigenvalue weighted by Gasteiger charge is -2.23. The fourth-order valence-electron chi connectivity index (χ4n) is 1.87. The lowest BCUT2D eigenvalue weighted by atomic mass is 9.90. The Kier molecular flexibility index (Phi) is 7.14. The van der Waals surface area contributed by atoms with Gasteiger partial charge in [0.1, 0.15) is 0 Å². The minimum absolute atomic E-state index is 0.165. The number of halogens is 1. The maximum absolute atomic E-state index is 11.8. The molecule has 0 radical (unpaired) electrons. The molecule has 1 N–H and O–H groups in total. The van der Waals surface area contributed by atoms with E-state index in [4.69, 9.17) is 0 Å². The van der Waals surface area contributed by atoms with Gasteiger partial charge in [-0.25, -0.2) is 0 Å². The molecule has 1 aromatic carbocycles. The lowest BCUT2D eigenvalue weighted by molar-refractivity contribution is -0.121. The van der Waals surface area contributed by atoms with E-state index in [9.17, 15) is 4.79 Å². The lowest BCUT2D eigenvalue weighted by Crippen LogP contribution is -2.34. The second kappa shape index (κ2) is 8.36. The molecule has 106 valence electrons. The molecule has 1 amide bonds. The van der Waals surface area contributed by atoms with Crippen LogP contribution >= 0.6 is 15.9 Å². The van der Waals surface area contributed by atoms with Crippen LogP contribution in [0.5, 0.6) is 0 Å². The molecule has 3 heteroatoms. The summed E-state index contributed by atoms with van der Waals surface area (Å²) in [6.45, 7) is 5.11. The van der Waals surface area contributed by atoms with Crippen LogP contribution in [-0.2, 0) is 11.2 Å². The smallest absolute Gasteiger partial charge is 0.220 e. The van der Waals surface area contributed by atoms with Crippen LogP contribution in [0.3, 0.4) is 0 Å². The van der Waals surface area contributed by atoms with Crippen LogP contribution in [0.2, 0.25) is 0 Å². The molecule has 0 saturated heterocycles. The summed E-state index contributed by atoms with van der Waals surface area (Å²) in [7, 11) is 0. The molecule has 0 heterocycles. The monoisotopic (exact) mass is 325 g/mol. The van der Waals surface area contributed by atoms with Gasteiger partial charge in [-0.15, -0.1) is 0 Å². The van der Waals surface area contributed by atoms with Crippen LogP contribution < -0.4 is 5.32 Å². The standard InChI is InChI=1S/C16H24BrNO/c1-16(2,11-12-17)13-18-15(19)10-6-9-14-7-4-3-5-8-14/h3-5,7-8H,6,9-13H2,1-2H3,(H,18,19). The summed E-state index contributed by atoms with van der Waals surface area (Å²) >= 11 is 3.45. The van der Waals surface area contributed by atoms with Gasteiger partial charge in [0, 0.05) is 18.3 Å². The molecule has 2 nitrogen and oxygen atoms in total. The average molecular weight is 326 g/mol. The topological polar surface area (TPSA) is 29.1 Å². The first-order valence-corrected chi connectivity index (χ1v) is 8.02. The second-order valence-electron chi connectivity index (χ2n) is 5.72. The Balaban J connectivity index is 2.18. The number of nitrogens with one attached hydrogen (secondary N) is 1. The van der Waals surface area contributed by atoms with E-state index in [0.717, 1.165) is 31.1 Å². The fraction of sp³-hybridized carbons (Fsp3) is 0.562. The van der Waals surface area contributed by atoms with Crippen molar-refractivity contribution in [2.24, 2.45) is 5.41 Å². The number of benzene rings is 1. The van der Waals surface area contributed by atoms with Gasteiger partial charge in [-0.2, -0.15) is 0 Å². The molecule has 0 atom stereocenters. The van der Waals surface area contributed by atoms with Crippen molar-refractivity contribution in [2.45, 2.75) is 39.5 Å². The van der Waals surface area contributed by atoms with Crippen LogP contribution in [0.1, 0.15) is 38.7 Å². The van der Waals surface area contributed by atoms with Gasteiger partial charge in [-0.3, -0.25) is 4.79 Å². The van der Waals surface area contributed by atoms with Crippen LogP contribution in [0.15, 0.2) is 30.3 Å². The molecule has 0 saturated carbocycles. The number of carbonyl (C=O) groups excluding carboxylic acids is 1. The van der Waals surface area contributed by atoms with Crippen molar-refractivity contribution in [1.82, 2.24) is 5.32 Å². The van der Waals surface area contributed by atoms with E-state index in [2.05, 4.69) is 47.2 Å². The molecule has 0 spiro atoms. The van der Waals surface area contributed by atoms with Crippen LogP contribution in [-0.4, -0.2) is 17.8 Å². The zero-order valence-electron chi connectivity index (χ0n) is 11.9. The first kappa shape index (κ1) is 16.2. The summed E-state index contributed by atoms with van der Waals surface area (Å²) in [5.41, 5.74) is 1.47. The summed E-state index contributed by atoms with van der Waals surface area (Å²) < 4.78 is 0. The second-order valence-corrected chi connectivity index (χ2v) is 6.51. The van der Waals surface area contributed by atoms with Crippen molar-refractivity contribution in [3.63, 3.8) is 0 Å². The highest BCUT2D eigenvalue weighted by Crippen LogP contribution is 2.19. The molecular weight excluding hydrogens is 302 g/mol. The number of alkyl halides is 1. The van der Waals surface area contributed by atoms with Crippen molar-refractivity contribution in [1.29, 1.82) is 0 Å². The molecule has 1 aromatic rings. The van der Waals surface area contributed by atoms with E-state index < -0.39 is 0 Å². The van der Waals surface area contributed by atoms with Crippen molar-refractivity contribution in [3.05, 3.63) is 35.9 Å². The summed E-state index contributed by atoms with van der Waals surface area (Å²) in [5.74, 6) is 0.165. The van der Waals surface area contributed by atoms with Crippen LogP contribution in [0.4, 0.5) is 0 Å². The zero-order valence-corrected chi connectivity index (χ0v) is 13.5. The predicted octanol–water partition coefficient (Wildman–Crippen LogP) is 3.94. The molecule has 1 rings (SSSR count). The molecule has 0 fully saturated rings. The third-order valence-corrected chi connectivity index (χ3v) is 3.64. The minimum Gasteiger partial charge on any atom is -0.356 e. The van der Waals surface area contributed by atoms with E-state index in [0.29, 0.717) is 6.42 Å². The van der Waals surface area contributed by atoms with Crippen molar-refractivity contribution in [2.75, 3.05) is 11.9 Å². The Morgan fingerprint density at radius 3 is 2.58 bits per heavy atom.